The summed E-state index contributed by atoms with van der Waals surface area (Å²) < 4.78 is 5.60. The van der Waals surface area contributed by atoms with Crippen LogP contribution in [0.15, 0.2) is 54.6 Å². The number of hydrogen-bond acceptors (Lipinski definition) is 3. The van der Waals surface area contributed by atoms with Crippen molar-refractivity contribution in [3.63, 3.8) is 0 Å². The highest BCUT2D eigenvalue weighted by molar-refractivity contribution is 6.30. The van der Waals surface area contributed by atoms with Gasteiger partial charge in [0.25, 0.3) is 0 Å². The van der Waals surface area contributed by atoms with Crippen molar-refractivity contribution >= 4 is 17.5 Å². The van der Waals surface area contributed by atoms with Gasteiger partial charge in [-0.1, -0.05) is 54.1 Å². The maximum atomic E-state index is 13.9. The zero-order chi connectivity index (χ0) is 19.6. The first-order chi connectivity index (χ1) is 13.6. The van der Waals surface area contributed by atoms with Crippen molar-refractivity contribution in [2.45, 2.75) is 24.2 Å². The van der Waals surface area contributed by atoms with Gasteiger partial charge >= 0.3 is 0 Å². The van der Waals surface area contributed by atoms with Crippen molar-refractivity contribution in [3.8, 4) is 0 Å². The Labute approximate surface area is 171 Å². The fraction of sp³-hybridized carbons (Fsp3) is 0.435. The minimum atomic E-state index is -0.562. The van der Waals surface area contributed by atoms with E-state index in [2.05, 4.69) is 24.3 Å². The lowest BCUT2D eigenvalue weighted by molar-refractivity contribution is -0.140. The van der Waals surface area contributed by atoms with Gasteiger partial charge in [0, 0.05) is 37.2 Å². The molecule has 148 valence electrons. The largest absolute Gasteiger partial charge is 0.381 e. The molecule has 2 atom stereocenters. The Morgan fingerprint density at radius 1 is 1.11 bits per heavy atom. The van der Waals surface area contributed by atoms with Crippen LogP contribution in [0.3, 0.4) is 0 Å². The van der Waals surface area contributed by atoms with E-state index >= 15 is 0 Å². The number of halogens is 1. The molecule has 0 aromatic heterocycles. The van der Waals surface area contributed by atoms with Crippen molar-refractivity contribution in [1.82, 2.24) is 4.90 Å². The maximum Gasteiger partial charge on any atom is 0.233 e. The van der Waals surface area contributed by atoms with E-state index in [1.165, 1.54) is 5.56 Å². The van der Waals surface area contributed by atoms with Gasteiger partial charge in [-0.2, -0.15) is 0 Å². The molecule has 28 heavy (non-hydrogen) atoms. The Kier molecular flexibility index (Phi) is 5.72. The lowest BCUT2D eigenvalue weighted by Gasteiger charge is -2.39. The van der Waals surface area contributed by atoms with Crippen LogP contribution in [-0.4, -0.2) is 43.7 Å². The van der Waals surface area contributed by atoms with Gasteiger partial charge in [0.15, 0.2) is 0 Å². The van der Waals surface area contributed by atoms with E-state index in [1.807, 2.05) is 35.2 Å². The van der Waals surface area contributed by atoms with Crippen molar-refractivity contribution < 1.29 is 9.53 Å². The fourth-order valence-corrected chi connectivity index (χ4v) is 4.98. The Balaban J connectivity index is 1.64. The van der Waals surface area contributed by atoms with Gasteiger partial charge in [0.2, 0.25) is 5.91 Å². The van der Waals surface area contributed by atoms with Crippen LogP contribution in [0, 0.1) is 5.92 Å². The minimum Gasteiger partial charge on any atom is -0.381 e. The molecule has 2 saturated heterocycles. The predicted molar refractivity (Wildman–Crippen MR) is 111 cm³/mol. The predicted octanol–water partition coefficient (Wildman–Crippen LogP) is 3.59. The third kappa shape index (κ3) is 3.57. The third-order valence-electron chi connectivity index (χ3n) is 6.39. The van der Waals surface area contributed by atoms with Crippen LogP contribution in [0.2, 0.25) is 5.02 Å². The number of likely N-dealkylation sites (tertiary alicyclic amines) is 1. The second-order valence-corrected chi connectivity index (χ2v) is 8.36. The van der Waals surface area contributed by atoms with Crippen LogP contribution in [0.25, 0.3) is 0 Å². The summed E-state index contributed by atoms with van der Waals surface area (Å²) in [5, 5.41) is 0.666. The quantitative estimate of drug-likeness (QED) is 0.856. The van der Waals surface area contributed by atoms with Gasteiger partial charge in [-0.15, -0.1) is 0 Å². The molecular formula is C23H27ClN2O2. The van der Waals surface area contributed by atoms with Crippen LogP contribution < -0.4 is 5.73 Å². The van der Waals surface area contributed by atoms with Gasteiger partial charge in [0.1, 0.15) is 0 Å². The first-order valence-corrected chi connectivity index (χ1v) is 10.4. The highest BCUT2D eigenvalue weighted by Gasteiger charge is 2.47. The summed E-state index contributed by atoms with van der Waals surface area (Å²) in [6.07, 6.45) is 1.37. The number of ether oxygens (including phenoxy) is 1. The number of carbonyl (C=O) groups excluding carboxylic acids is 1. The standard InChI is InChI=1S/C23H27ClN2O2/c24-20-8-4-7-19(13-20)23(9-11-28-12-10-23)22(27)26-15-18(14-25)21(16-26)17-5-2-1-3-6-17/h1-8,13,18,21H,9-12,14-16,25H2/t18-,21+/m1/s1. The fourth-order valence-electron chi connectivity index (χ4n) is 4.79. The number of carbonyl (C=O) groups is 1. The highest BCUT2D eigenvalue weighted by Crippen LogP contribution is 2.41. The summed E-state index contributed by atoms with van der Waals surface area (Å²) >= 11 is 6.27. The van der Waals surface area contributed by atoms with Crippen molar-refractivity contribution in [2.75, 3.05) is 32.8 Å². The summed E-state index contributed by atoms with van der Waals surface area (Å²) in [7, 11) is 0. The first-order valence-electron chi connectivity index (χ1n) is 10.0. The number of hydrogen-bond donors (Lipinski definition) is 1. The van der Waals surface area contributed by atoms with Crippen molar-refractivity contribution in [3.05, 3.63) is 70.7 Å². The second-order valence-electron chi connectivity index (χ2n) is 7.93. The summed E-state index contributed by atoms with van der Waals surface area (Å²) in [6.45, 7) is 3.19. The average molecular weight is 399 g/mol. The SMILES string of the molecule is NC[C@@H]1CN(C(=O)C2(c3cccc(Cl)c3)CCOCC2)C[C@H]1c1ccccc1. The molecule has 0 saturated carbocycles. The van der Waals surface area contributed by atoms with E-state index in [9.17, 15) is 4.79 Å². The molecule has 0 bridgehead atoms. The number of benzene rings is 2. The van der Waals surface area contributed by atoms with E-state index in [0.717, 1.165) is 5.56 Å². The van der Waals surface area contributed by atoms with E-state index in [-0.39, 0.29) is 17.7 Å². The first kappa shape index (κ1) is 19.4. The molecule has 2 aromatic rings. The van der Waals surface area contributed by atoms with Crippen LogP contribution in [0.5, 0.6) is 0 Å². The molecule has 4 rings (SSSR count). The van der Waals surface area contributed by atoms with E-state index in [0.29, 0.717) is 50.7 Å². The summed E-state index contributed by atoms with van der Waals surface area (Å²) in [4.78, 5) is 15.9. The van der Waals surface area contributed by atoms with Gasteiger partial charge in [0.05, 0.1) is 5.41 Å². The van der Waals surface area contributed by atoms with Gasteiger partial charge in [-0.3, -0.25) is 4.79 Å². The van der Waals surface area contributed by atoms with E-state index < -0.39 is 5.41 Å². The van der Waals surface area contributed by atoms with Crippen molar-refractivity contribution in [1.29, 1.82) is 0 Å². The molecule has 4 nitrogen and oxygen atoms in total. The maximum absolute atomic E-state index is 13.9. The average Bonchev–Trinajstić information content (AvgIpc) is 3.19. The molecule has 0 spiro atoms. The van der Waals surface area contributed by atoms with Crippen LogP contribution in [0.1, 0.15) is 29.9 Å². The molecule has 2 aromatic carbocycles. The highest BCUT2D eigenvalue weighted by atomic mass is 35.5. The second kappa shape index (κ2) is 8.24. The molecule has 2 N–H and O–H groups in total. The molecule has 0 unspecified atom stereocenters. The molecule has 2 aliphatic rings. The summed E-state index contributed by atoms with van der Waals surface area (Å²) in [5.41, 5.74) is 7.79. The lowest BCUT2D eigenvalue weighted by Crippen LogP contribution is -2.49. The van der Waals surface area contributed by atoms with Gasteiger partial charge < -0.3 is 15.4 Å². The van der Waals surface area contributed by atoms with E-state index in [4.69, 9.17) is 22.1 Å². The normalized spacial score (nSPS) is 24.3. The Morgan fingerprint density at radius 3 is 2.54 bits per heavy atom. The summed E-state index contributed by atoms with van der Waals surface area (Å²) in [5.74, 6) is 0.754. The van der Waals surface area contributed by atoms with Crippen LogP contribution >= 0.6 is 11.6 Å². The Bertz CT molecular complexity index is 820. The third-order valence-corrected chi connectivity index (χ3v) is 6.63. The van der Waals surface area contributed by atoms with Gasteiger partial charge in [-0.25, -0.2) is 0 Å². The smallest absolute Gasteiger partial charge is 0.233 e. The number of rotatable bonds is 4. The van der Waals surface area contributed by atoms with Crippen LogP contribution in [0.4, 0.5) is 0 Å². The monoisotopic (exact) mass is 398 g/mol. The topological polar surface area (TPSA) is 55.6 Å². The Morgan fingerprint density at radius 2 is 1.86 bits per heavy atom. The molecular weight excluding hydrogens is 372 g/mol. The lowest BCUT2D eigenvalue weighted by atomic mass is 9.73. The zero-order valence-electron chi connectivity index (χ0n) is 16.0. The van der Waals surface area contributed by atoms with Crippen molar-refractivity contribution in [2.24, 2.45) is 11.7 Å². The molecule has 0 aliphatic carbocycles. The molecule has 2 heterocycles. The van der Waals surface area contributed by atoms with E-state index in [1.54, 1.807) is 0 Å². The number of amides is 1. The molecule has 5 heteroatoms. The van der Waals surface area contributed by atoms with Crippen LogP contribution in [-0.2, 0) is 14.9 Å². The Hall–Kier alpha value is -1.88. The molecule has 1 amide bonds. The van der Waals surface area contributed by atoms with Gasteiger partial charge in [-0.05, 0) is 48.6 Å². The number of nitrogens with two attached hydrogens (primary N) is 1. The molecule has 2 fully saturated rings. The summed E-state index contributed by atoms with van der Waals surface area (Å²) in [6, 6.07) is 18.2. The minimum absolute atomic E-state index is 0.190. The number of nitrogens with zero attached hydrogens (tertiary/aromatic N) is 1. The molecule has 2 aliphatic heterocycles. The molecule has 0 radical (unpaired) electrons. The zero-order valence-corrected chi connectivity index (χ0v) is 16.8.